The number of aromatic nitrogens is 1. The first-order chi connectivity index (χ1) is 15.4. The maximum Gasteiger partial charge on any atom is 0.409 e. The summed E-state index contributed by atoms with van der Waals surface area (Å²) < 4.78 is 0. The quantitative estimate of drug-likeness (QED) is 0.349. The van der Waals surface area contributed by atoms with Crippen LogP contribution in [-0.4, -0.2) is 46.2 Å². The molecule has 0 aliphatic heterocycles. The summed E-state index contributed by atoms with van der Waals surface area (Å²) in [7, 11) is 3.39. The molecule has 1 heterocycles. The van der Waals surface area contributed by atoms with Gasteiger partial charge in [-0.25, -0.2) is 9.78 Å². The Morgan fingerprint density at radius 3 is 2.41 bits per heavy atom. The highest BCUT2D eigenvalue weighted by Crippen LogP contribution is 2.35. The van der Waals surface area contributed by atoms with E-state index in [2.05, 4.69) is 10.6 Å². The number of rotatable bonds is 5. The molecule has 0 aliphatic rings. The molecule has 1 aromatic heterocycles. The molecular formula is C24H22N4O4. The van der Waals surface area contributed by atoms with E-state index in [0.29, 0.717) is 33.5 Å². The molecule has 0 saturated carbocycles. The number of para-hydroxylation sites is 2. The average Bonchev–Trinajstić information content (AvgIpc) is 2.77. The zero-order valence-corrected chi connectivity index (χ0v) is 17.6. The summed E-state index contributed by atoms with van der Waals surface area (Å²) >= 11 is 0. The van der Waals surface area contributed by atoms with Gasteiger partial charge in [0.05, 0.1) is 28.9 Å². The predicted octanol–water partition coefficient (Wildman–Crippen LogP) is 4.42. The molecule has 0 atom stereocenters. The van der Waals surface area contributed by atoms with Gasteiger partial charge in [0.1, 0.15) is 0 Å². The number of benzene rings is 3. The van der Waals surface area contributed by atoms with Crippen molar-refractivity contribution in [1.82, 2.24) is 9.88 Å². The van der Waals surface area contributed by atoms with Crippen molar-refractivity contribution in [3.8, 4) is 0 Å². The second-order valence-electron chi connectivity index (χ2n) is 7.54. The molecule has 0 radical (unpaired) electrons. The first-order valence-electron chi connectivity index (χ1n) is 9.92. The van der Waals surface area contributed by atoms with Gasteiger partial charge < -0.3 is 20.4 Å². The van der Waals surface area contributed by atoms with Crippen molar-refractivity contribution in [3.63, 3.8) is 0 Å². The lowest BCUT2D eigenvalue weighted by atomic mass is 10.0. The third-order valence-electron chi connectivity index (χ3n) is 5.04. The van der Waals surface area contributed by atoms with Crippen molar-refractivity contribution in [2.45, 2.75) is 6.61 Å². The molecule has 3 aromatic carbocycles. The van der Waals surface area contributed by atoms with Crippen LogP contribution >= 0.6 is 0 Å². The average molecular weight is 430 g/mol. The number of fused-ring (bicyclic) bond motifs is 2. The molecule has 4 rings (SSSR count). The molecule has 0 aliphatic carbocycles. The Bertz CT molecular complexity index is 1350. The standard InChI is InChI=1S/C24H22N4O4/c1-28(2)23(30)19-8-5-7-18-21(17-6-3-4-9-20(17)27-22(18)19)25-15-10-14(13-29)11-16(12-15)26-24(31)32/h3-12,26,29H,13H2,1-2H3,(H,25,27)(H,31,32). The molecule has 2 amide bonds. The Kier molecular flexibility index (Phi) is 5.61. The van der Waals surface area contributed by atoms with E-state index in [9.17, 15) is 14.7 Å². The van der Waals surface area contributed by atoms with Gasteiger partial charge in [0.25, 0.3) is 5.91 Å². The Labute approximate surface area is 184 Å². The molecule has 0 saturated heterocycles. The van der Waals surface area contributed by atoms with E-state index in [4.69, 9.17) is 10.1 Å². The Morgan fingerprint density at radius 1 is 0.969 bits per heavy atom. The SMILES string of the molecule is CN(C)C(=O)c1cccc2c(Nc3cc(CO)cc(NC(=O)O)c3)c3ccccc3nc12. The number of carbonyl (C=O) groups excluding carboxylic acids is 1. The van der Waals surface area contributed by atoms with Gasteiger partial charge in [0.2, 0.25) is 0 Å². The maximum absolute atomic E-state index is 12.8. The summed E-state index contributed by atoms with van der Waals surface area (Å²) in [6, 6.07) is 18.0. The van der Waals surface area contributed by atoms with E-state index in [-0.39, 0.29) is 12.5 Å². The van der Waals surface area contributed by atoms with E-state index < -0.39 is 6.09 Å². The van der Waals surface area contributed by atoms with E-state index in [1.54, 1.807) is 38.4 Å². The van der Waals surface area contributed by atoms with Crippen molar-refractivity contribution in [3.05, 3.63) is 71.8 Å². The molecule has 0 spiro atoms. The Hall–Kier alpha value is -4.17. The number of aliphatic hydroxyl groups is 1. The van der Waals surface area contributed by atoms with E-state index in [1.165, 1.54) is 4.90 Å². The van der Waals surface area contributed by atoms with Crippen LogP contribution in [0.2, 0.25) is 0 Å². The van der Waals surface area contributed by atoms with Crippen LogP contribution in [0.4, 0.5) is 21.9 Å². The molecule has 32 heavy (non-hydrogen) atoms. The summed E-state index contributed by atoms with van der Waals surface area (Å²) in [4.78, 5) is 30.1. The topological polar surface area (TPSA) is 115 Å². The Morgan fingerprint density at radius 2 is 1.69 bits per heavy atom. The van der Waals surface area contributed by atoms with Gasteiger partial charge in [-0.3, -0.25) is 10.1 Å². The van der Waals surface area contributed by atoms with Gasteiger partial charge in [0.15, 0.2) is 0 Å². The summed E-state index contributed by atoms with van der Waals surface area (Å²) in [5.41, 5.74) is 3.96. The van der Waals surface area contributed by atoms with Crippen molar-refractivity contribution in [2.24, 2.45) is 0 Å². The van der Waals surface area contributed by atoms with Crippen molar-refractivity contribution in [2.75, 3.05) is 24.7 Å². The summed E-state index contributed by atoms with van der Waals surface area (Å²) in [6.45, 7) is -0.247. The van der Waals surface area contributed by atoms with Crippen molar-refractivity contribution in [1.29, 1.82) is 0 Å². The molecular weight excluding hydrogens is 408 g/mol. The zero-order chi connectivity index (χ0) is 22.8. The van der Waals surface area contributed by atoms with E-state index in [0.717, 1.165) is 16.5 Å². The van der Waals surface area contributed by atoms with Gasteiger partial charge in [-0.2, -0.15) is 0 Å². The number of carboxylic acid groups (broad SMARTS) is 1. The van der Waals surface area contributed by atoms with Gasteiger partial charge in [-0.05, 0) is 35.9 Å². The van der Waals surface area contributed by atoms with Crippen LogP contribution in [0.25, 0.3) is 21.8 Å². The molecule has 162 valence electrons. The van der Waals surface area contributed by atoms with E-state index in [1.807, 2.05) is 36.4 Å². The minimum atomic E-state index is -1.20. The molecule has 0 fully saturated rings. The van der Waals surface area contributed by atoms with Crippen LogP contribution in [-0.2, 0) is 6.61 Å². The number of aliphatic hydroxyl groups excluding tert-OH is 1. The molecule has 0 unspecified atom stereocenters. The molecule has 8 heteroatoms. The number of amides is 2. The summed E-state index contributed by atoms with van der Waals surface area (Å²) in [5, 5.41) is 26.0. The highest BCUT2D eigenvalue weighted by Gasteiger charge is 2.17. The number of pyridine rings is 1. The van der Waals surface area contributed by atoms with Crippen LogP contribution in [0, 0.1) is 0 Å². The second kappa shape index (κ2) is 8.52. The summed E-state index contributed by atoms with van der Waals surface area (Å²) in [5.74, 6) is -0.153. The fraction of sp³-hybridized carbons (Fsp3) is 0.125. The molecule has 0 bridgehead atoms. The van der Waals surface area contributed by atoms with Crippen LogP contribution in [0.3, 0.4) is 0 Å². The highest BCUT2D eigenvalue weighted by atomic mass is 16.4. The number of carbonyl (C=O) groups is 2. The van der Waals surface area contributed by atoms with Crippen molar-refractivity contribution >= 4 is 50.9 Å². The van der Waals surface area contributed by atoms with E-state index >= 15 is 0 Å². The lowest BCUT2D eigenvalue weighted by molar-refractivity contribution is 0.0829. The number of nitrogens with one attached hydrogen (secondary N) is 2. The molecule has 8 nitrogen and oxygen atoms in total. The molecule has 4 N–H and O–H groups in total. The monoisotopic (exact) mass is 430 g/mol. The van der Waals surface area contributed by atoms with Gasteiger partial charge in [-0.1, -0.05) is 30.3 Å². The Balaban J connectivity index is 1.94. The van der Waals surface area contributed by atoms with Crippen LogP contribution in [0.1, 0.15) is 15.9 Å². The van der Waals surface area contributed by atoms with Crippen LogP contribution in [0.15, 0.2) is 60.7 Å². The third-order valence-corrected chi connectivity index (χ3v) is 5.04. The maximum atomic E-state index is 12.8. The second-order valence-corrected chi connectivity index (χ2v) is 7.54. The number of nitrogens with zero attached hydrogens (tertiary/aromatic N) is 2. The summed E-state index contributed by atoms with van der Waals surface area (Å²) in [6.07, 6.45) is -1.20. The fourth-order valence-corrected chi connectivity index (χ4v) is 3.66. The number of anilines is 3. The van der Waals surface area contributed by atoms with Gasteiger partial charge in [0, 0.05) is 36.2 Å². The number of hydrogen-bond acceptors (Lipinski definition) is 5. The smallest absolute Gasteiger partial charge is 0.409 e. The fourth-order valence-electron chi connectivity index (χ4n) is 3.66. The third kappa shape index (κ3) is 4.03. The van der Waals surface area contributed by atoms with Crippen LogP contribution in [0.5, 0.6) is 0 Å². The molecule has 4 aromatic rings. The van der Waals surface area contributed by atoms with Crippen molar-refractivity contribution < 1.29 is 19.8 Å². The minimum Gasteiger partial charge on any atom is -0.465 e. The minimum absolute atomic E-state index is 0.153. The van der Waals surface area contributed by atoms with Gasteiger partial charge in [-0.15, -0.1) is 0 Å². The lowest BCUT2D eigenvalue weighted by Crippen LogP contribution is -2.22. The number of hydrogen-bond donors (Lipinski definition) is 4. The zero-order valence-electron chi connectivity index (χ0n) is 17.6. The normalized spacial score (nSPS) is 10.8. The van der Waals surface area contributed by atoms with Crippen LogP contribution < -0.4 is 10.6 Å². The largest absolute Gasteiger partial charge is 0.465 e. The lowest BCUT2D eigenvalue weighted by Gasteiger charge is -2.17. The first kappa shape index (κ1) is 21.1. The first-order valence-corrected chi connectivity index (χ1v) is 9.92. The highest BCUT2D eigenvalue weighted by molar-refractivity contribution is 6.14. The predicted molar refractivity (Wildman–Crippen MR) is 125 cm³/mol. The van der Waals surface area contributed by atoms with Gasteiger partial charge >= 0.3 is 6.09 Å².